The molecule has 1 heteroatoms. The van der Waals surface area contributed by atoms with Crippen LogP contribution in [0.5, 0.6) is 0 Å². The fraction of sp³-hybridized carbons (Fsp3) is 0.778. The van der Waals surface area contributed by atoms with Gasteiger partial charge in [0.2, 0.25) is 0 Å². The molecule has 0 N–H and O–H groups in total. The van der Waals surface area contributed by atoms with Gasteiger partial charge in [0, 0.05) is 12.5 Å². The quantitative estimate of drug-likeness (QED) is 0.529. The SMILES string of the molecule is CCOC1C#CC(C)CC1. The van der Waals surface area contributed by atoms with Gasteiger partial charge in [-0.3, -0.25) is 0 Å². The van der Waals surface area contributed by atoms with Gasteiger partial charge in [0.25, 0.3) is 0 Å². The summed E-state index contributed by atoms with van der Waals surface area (Å²) < 4.78 is 5.36. The topological polar surface area (TPSA) is 9.23 Å². The Bertz CT molecular complexity index is 152. The Morgan fingerprint density at radius 1 is 1.40 bits per heavy atom. The Balaban J connectivity index is 2.36. The van der Waals surface area contributed by atoms with E-state index in [0.29, 0.717) is 5.92 Å². The zero-order valence-electron chi connectivity index (χ0n) is 6.68. The average molecular weight is 138 g/mol. The summed E-state index contributed by atoms with van der Waals surface area (Å²) in [5.74, 6) is 6.82. The molecular weight excluding hydrogens is 124 g/mol. The van der Waals surface area contributed by atoms with Gasteiger partial charge < -0.3 is 4.74 Å². The van der Waals surface area contributed by atoms with E-state index in [2.05, 4.69) is 18.8 Å². The Hall–Kier alpha value is -0.480. The van der Waals surface area contributed by atoms with Crippen LogP contribution in [0.15, 0.2) is 0 Å². The first kappa shape index (κ1) is 7.63. The van der Waals surface area contributed by atoms with Gasteiger partial charge in [-0.05, 0) is 19.8 Å². The maximum atomic E-state index is 5.36. The summed E-state index contributed by atoms with van der Waals surface area (Å²) in [4.78, 5) is 0. The molecule has 2 unspecified atom stereocenters. The maximum Gasteiger partial charge on any atom is 0.118 e. The van der Waals surface area contributed by atoms with Crippen molar-refractivity contribution in [3.8, 4) is 11.8 Å². The summed E-state index contributed by atoms with van der Waals surface area (Å²) in [6.45, 7) is 4.96. The molecule has 0 aromatic carbocycles. The Labute approximate surface area is 62.8 Å². The van der Waals surface area contributed by atoms with E-state index in [1.807, 2.05) is 6.92 Å². The van der Waals surface area contributed by atoms with E-state index >= 15 is 0 Å². The fourth-order valence-electron chi connectivity index (χ4n) is 1.11. The molecule has 0 radical (unpaired) electrons. The van der Waals surface area contributed by atoms with Crippen LogP contribution in [0, 0.1) is 17.8 Å². The zero-order valence-corrected chi connectivity index (χ0v) is 6.68. The van der Waals surface area contributed by atoms with E-state index in [1.165, 1.54) is 6.42 Å². The van der Waals surface area contributed by atoms with Crippen LogP contribution in [0.1, 0.15) is 26.7 Å². The smallest absolute Gasteiger partial charge is 0.118 e. The molecule has 0 aliphatic heterocycles. The predicted octanol–water partition coefficient (Wildman–Crippen LogP) is 1.82. The molecular formula is C9H14O. The van der Waals surface area contributed by atoms with E-state index in [4.69, 9.17) is 4.74 Å². The van der Waals surface area contributed by atoms with Gasteiger partial charge in [-0.1, -0.05) is 18.8 Å². The average Bonchev–Trinajstić information content (AvgIpc) is 1.95. The van der Waals surface area contributed by atoms with Gasteiger partial charge in [-0.2, -0.15) is 0 Å². The number of hydrogen-bond donors (Lipinski definition) is 0. The first-order valence-electron chi connectivity index (χ1n) is 3.95. The molecule has 0 fully saturated rings. The van der Waals surface area contributed by atoms with Crippen LogP contribution in [0.4, 0.5) is 0 Å². The molecule has 10 heavy (non-hydrogen) atoms. The molecule has 0 aromatic rings. The third kappa shape index (κ3) is 2.04. The van der Waals surface area contributed by atoms with Crippen LogP contribution in [0.3, 0.4) is 0 Å². The minimum Gasteiger partial charge on any atom is -0.366 e. The van der Waals surface area contributed by atoms with Gasteiger partial charge in [0.15, 0.2) is 0 Å². The lowest BCUT2D eigenvalue weighted by Crippen LogP contribution is -2.15. The van der Waals surface area contributed by atoms with Gasteiger partial charge >= 0.3 is 0 Å². The molecule has 0 saturated carbocycles. The van der Waals surface area contributed by atoms with Crippen molar-refractivity contribution in [1.29, 1.82) is 0 Å². The predicted molar refractivity (Wildman–Crippen MR) is 41.6 cm³/mol. The molecule has 0 saturated heterocycles. The van der Waals surface area contributed by atoms with Crippen molar-refractivity contribution in [3.63, 3.8) is 0 Å². The third-order valence-electron chi connectivity index (χ3n) is 1.72. The van der Waals surface area contributed by atoms with Crippen molar-refractivity contribution >= 4 is 0 Å². The number of ether oxygens (including phenoxy) is 1. The summed E-state index contributed by atoms with van der Waals surface area (Å²) in [7, 11) is 0. The first-order chi connectivity index (χ1) is 4.83. The van der Waals surface area contributed by atoms with Crippen LogP contribution >= 0.6 is 0 Å². The van der Waals surface area contributed by atoms with Crippen molar-refractivity contribution in [1.82, 2.24) is 0 Å². The Morgan fingerprint density at radius 3 is 2.70 bits per heavy atom. The lowest BCUT2D eigenvalue weighted by Gasteiger charge is -2.15. The highest BCUT2D eigenvalue weighted by atomic mass is 16.5. The second-order valence-electron chi connectivity index (χ2n) is 2.71. The largest absolute Gasteiger partial charge is 0.366 e. The van der Waals surface area contributed by atoms with Gasteiger partial charge in [0.1, 0.15) is 6.10 Å². The van der Waals surface area contributed by atoms with Gasteiger partial charge in [0.05, 0.1) is 0 Å². The number of hydrogen-bond acceptors (Lipinski definition) is 1. The fourth-order valence-corrected chi connectivity index (χ4v) is 1.11. The van der Waals surface area contributed by atoms with E-state index in [1.54, 1.807) is 0 Å². The van der Waals surface area contributed by atoms with Gasteiger partial charge in [-0.15, -0.1) is 0 Å². The van der Waals surface area contributed by atoms with Crippen molar-refractivity contribution in [2.24, 2.45) is 5.92 Å². The molecule has 0 heterocycles. The van der Waals surface area contributed by atoms with E-state index in [0.717, 1.165) is 13.0 Å². The standard InChI is InChI=1S/C9H14O/c1-3-10-9-6-4-8(2)5-7-9/h8-9H,3-4,6H2,1-2H3. The normalized spacial score (nSPS) is 31.0. The molecule has 0 amide bonds. The molecule has 1 nitrogen and oxygen atoms in total. The molecule has 2 atom stereocenters. The van der Waals surface area contributed by atoms with E-state index in [-0.39, 0.29) is 6.10 Å². The summed E-state index contributed by atoms with van der Waals surface area (Å²) in [6.07, 6.45) is 2.53. The second kappa shape index (κ2) is 3.63. The maximum absolute atomic E-state index is 5.36. The molecule has 0 spiro atoms. The number of rotatable bonds is 2. The molecule has 0 bridgehead atoms. The monoisotopic (exact) mass is 138 g/mol. The Kier molecular flexibility index (Phi) is 2.77. The van der Waals surface area contributed by atoms with Crippen LogP contribution < -0.4 is 0 Å². The molecule has 0 aromatic heterocycles. The highest BCUT2D eigenvalue weighted by Crippen LogP contribution is 2.13. The summed E-state index contributed by atoms with van der Waals surface area (Å²) in [5.41, 5.74) is 0. The van der Waals surface area contributed by atoms with Crippen molar-refractivity contribution in [2.75, 3.05) is 6.61 Å². The Morgan fingerprint density at radius 2 is 2.20 bits per heavy atom. The van der Waals surface area contributed by atoms with Crippen molar-refractivity contribution in [2.45, 2.75) is 32.8 Å². The highest BCUT2D eigenvalue weighted by molar-refractivity contribution is 5.11. The lowest BCUT2D eigenvalue weighted by molar-refractivity contribution is 0.0909. The lowest BCUT2D eigenvalue weighted by atomic mass is 9.98. The highest BCUT2D eigenvalue weighted by Gasteiger charge is 2.10. The van der Waals surface area contributed by atoms with Crippen molar-refractivity contribution in [3.05, 3.63) is 0 Å². The molecule has 1 aliphatic carbocycles. The van der Waals surface area contributed by atoms with Crippen LogP contribution in [0.2, 0.25) is 0 Å². The molecule has 1 aliphatic rings. The first-order valence-corrected chi connectivity index (χ1v) is 3.95. The molecule has 1 rings (SSSR count). The third-order valence-corrected chi connectivity index (χ3v) is 1.72. The van der Waals surface area contributed by atoms with Crippen LogP contribution in [-0.2, 0) is 4.74 Å². The second-order valence-corrected chi connectivity index (χ2v) is 2.71. The minimum atomic E-state index is 0.223. The summed E-state index contributed by atoms with van der Waals surface area (Å²) in [5, 5.41) is 0. The van der Waals surface area contributed by atoms with Crippen LogP contribution in [0.25, 0.3) is 0 Å². The summed E-state index contributed by atoms with van der Waals surface area (Å²) >= 11 is 0. The molecule has 56 valence electrons. The summed E-state index contributed by atoms with van der Waals surface area (Å²) in [6, 6.07) is 0. The van der Waals surface area contributed by atoms with Crippen molar-refractivity contribution < 1.29 is 4.74 Å². The minimum absolute atomic E-state index is 0.223. The van der Waals surface area contributed by atoms with E-state index in [9.17, 15) is 0 Å². The van der Waals surface area contributed by atoms with Gasteiger partial charge in [-0.25, -0.2) is 0 Å². The van der Waals surface area contributed by atoms with Crippen LogP contribution in [-0.4, -0.2) is 12.7 Å². The zero-order chi connectivity index (χ0) is 7.40. The van der Waals surface area contributed by atoms with E-state index < -0.39 is 0 Å².